The van der Waals surface area contributed by atoms with Crippen molar-refractivity contribution in [3.8, 4) is 11.5 Å². The maximum absolute atomic E-state index is 5.97. The van der Waals surface area contributed by atoms with Gasteiger partial charge in [0, 0.05) is 24.1 Å². The van der Waals surface area contributed by atoms with E-state index in [0.29, 0.717) is 37.6 Å². The van der Waals surface area contributed by atoms with E-state index in [9.17, 15) is 0 Å². The first-order valence-corrected chi connectivity index (χ1v) is 10.3. The maximum Gasteiger partial charge on any atom is 0.232 e. The monoisotopic (exact) mass is 405 g/mol. The molecule has 1 saturated heterocycles. The van der Waals surface area contributed by atoms with Crippen LogP contribution in [0.25, 0.3) is 0 Å². The highest BCUT2D eigenvalue weighted by molar-refractivity contribution is 5.53. The van der Waals surface area contributed by atoms with E-state index in [1.807, 2.05) is 36.4 Å². The average molecular weight is 405 g/mol. The van der Waals surface area contributed by atoms with Crippen molar-refractivity contribution >= 4 is 17.6 Å². The van der Waals surface area contributed by atoms with E-state index < -0.39 is 0 Å². The van der Waals surface area contributed by atoms with Gasteiger partial charge in [0.1, 0.15) is 25.8 Å². The first-order chi connectivity index (χ1) is 14.7. The number of hydrogen-bond donors (Lipinski definition) is 3. The maximum atomic E-state index is 5.97. The number of nitrogens with one attached hydrogen (secondary N) is 2. The molecular formula is C22H25N6O2+. The Bertz CT molecular complexity index is 1030. The first-order valence-electron chi connectivity index (χ1n) is 10.3. The van der Waals surface area contributed by atoms with Crippen LogP contribution in [0.2, 0.25) is 0 Å². The molecule has 0 amide bonds. The molecule has 8 heteroatoms. The van der Waals surface area contributed by atoms with Crippen molar-refractivity contribution in [3.63, 3.8) is 0 Å². The Hall–Kier alpha value is -3.39. The number of nitrogens with zero attached hydrogens (tertiary/aromatic N) is 3. The molecule has 0 saturated carbocycles. The summed E-state index contributed by atoms with van der Waals surface area (Å²) in [5.74, 6) is 3.06. The second kappa shape index (κ2) is 8.16. The van der Waals surface area contributed by atoms with Crippen LogP contribution < -0.4 is 25.4 Å². The van der Waals surface area contributed by atoms with Gasteiger partial charge in [-0.15, -0.1) is 0 Å². The Labute approximate surface area is 175 Å². The number of nitrogens with two attached hydrogens (primary N) is 1. The molecule has 4 N–H and O–H groups in total. The third-order valence-corrected chi connectivity index (χ3v) is 5.57. The van der Waals surface area contributed by atoms with Gasteiger partial charge in [0.25, 0.3) is 0 Å². The molecule has 0 spiro atoms. The fourth-order valence-electron chi connectivity index (χ4n) is 4.23. The number of ether oxygens (including phenoxy) is 2. The minimum atomic E-state index is 0.230. The van der Waals surface area contributed by atoms with Crippen molar-refractivity contribution in [3.05, 3.63) is 59.9 Å². The fraction of sp³-hybridized carbons (Fsp3) is 0.318. The van der Waals surface area contributed by atoms with Crippen LogP contribution in [-0.2, 0) is 6.54 Å². The van der Waals surface area contributed by atoms with Gasteiger partial charge in [0.05, 0.1) is 6.54 Å². The lowest BCUT2D eigenvalue weighted by molar-refractivity contribution is -0.932. The molecule has 1 fully saturated rings. The zero-order valence-electron chi connectivity index (χ0n) is 16.7. The number of likely N-dealkylation sites (tertiary alicyclic amines) is 1. The van der Waals surface area contributed by atoms with Gasteiger partial charge in [-0.1, -0.05) is 18.2 Å². The Balaban J connectivity index is 1.34. The van der Waals surface area contributed by atoms with Crippen LogP contribution in [0.15, 0.2) is 48.5 Å². The lowest BCUT2D eigenvalue weighted by atomic mass is 10.0. The molecule has 0 bridgehead atoms. The smallest absolute Gasteiger partial charge is 0.232 e. The van der Waals surface area contributed by atoms with E-state index in [2.05, 4.69) is 32.4 Å². The largest absolute Gasteiger partial charge is 0.486 e. The van der Waals surface area contributed by atoms with Gasteiger partial charge in [-0.2, -0.15) is 15.0 Å². The van der Waals surface area contributed by atoms with Crippen LogP contribution in [0.5, 0.6) is 11.5 Å². The number of aromatic nitrogens is 3. The summed E-state index contributed by atoms with van der Waals surface area (Å²) in [7, 11) is 0. The van der Waals surface area contributed by atoms with Crippen molar-refractivity contribution in [2.45, 2.75) is 25.4 Å². The second-order valence-corrected chi connectivity index (χ2v) is 7.61. The zero-order chi connectivity index (χ0) is 20.3. The molecule has 30 heavy (non-hydrogen) atoms. The number of para-hydroxylation sites is 1. The van der Waals surface area contributed by atoms with Gasteiger partial charge in [-0.05, 0) is 30.3 Å². The van der Waals surface area contributed by atoms with Gasteiger partial charge >= 0.3 is 0 Å². The van der Waals surface area contributed by atoms with Gasteiger partial charge in [0.15, 0.2) is 17.3 Å². The summed E-state index contributed by atoms with van der Waals surface area (Å²) >= 11 is 0. The van der Waals surface area contributed by atoms with Crippen molar-refractivity contribution in [1.29, 1.82) is 0 Å². The van der Waals surface area contributed by atoms with Gasteiger partial charge in [0.2, 0.25) is 11.9 Å². The fourth-order valence-corrected chi connectivity index (χ4v) is 4.23. The van der Waals surface area contributed by atoms with Crippen LogP contribution in [0.1, 0.15) is 30.3 Å². The van der Waals surface area contributed by atoms with Gasteiger partial charge in [-0.3, -0.25) is 0 Å². The van der Waals surface area contributed by atoms with Crippen LogP contribution in [0.4, 0.5) is 17.6 Å². The quantitative estimate of drug-likeness (QED) is 0.596. The van der Waals surface area contributed by atoms with E-state index in [1.54, 1.807) is 0 Å². The molecule has 3 heterocycles. The minimum Gasteiger partial charge on any atom is -0.486 e. The summed E-state index contributed by atoms with van der Waals surface area (Å²) in [5.41, 5.74) is 8.14. The Kier molecular flexibility index (Phi) is 5.06. The molecule has 5 rings (SSSR count). The number of hydrogen-bond acceptors (Lipinski definition) is 7. The van der Waals surface area contributed by atoms with Gasteiger partial charge < -0.3 is 25.4 Å². The Morgan fingerprint density at radius 3 is 2.70 bits per heavy atom. The predicted molar refractivity (Wildman–Crippen MR) is 113 cm³/mol. The minimum absolute atomic E-state index is 0.230. The summed E-state index contributed by atoms with van der Waals surface area (Å²) in [6.07, 6.45) is 2.27. The number of rotatable bonds is 5. The number of nitrogen functional groups attached to an aromatic ring is 1. The molecule has 0 radical (unpaired) electrons. The summed E-state index contributed by atoms with van der Waals surface area (Å²) in [6.45, 7) is 2.95. The molecule has 2 aromatic carbocycles. The normalized spacial score (nSPS) is 20.1. The zero-order valence-corrected chi connectivity index (χ0v) is 16.7. The number of anilines is 3. The van der Waals surface area contributed by atoms with Crippen molar-refractivity contribution in [2.24, 2.45) is 0 Å². The molecular weight excluding hydrogens is 380 g/mol. The number of quaternary nitrogens is 1. The van der Waals surface area contributed by atoms with Crippen LogP contribution in [0.3, 0.4) is 0 Å². The van der Waals surface area contributed by atoms with Crippen molar-refractivity contribution in [2.75, 3.05) is 30.8 Å². The topological polar surface area (TPSA) is 99.6 Å². The second-order valence-electron chi connectivity index (χ2n) is 7.61. The molecule has 8 nitrogen and oxygen atoms in total. The number of benzene rings is 2. The summed E-state index contributed by atoms with van der Waals surface area (Å²) in [4.78, 5) is 14.7. The Morgan fingerprint density at radius 2 is 1.83 bits per heavy atom. The molecule has 1 unspecified atom stereocenters. The third kappa shape index (κ3) is 3.99. The summed E-state index contributed by atoms with van der Waals surface area (Å²) in [5, 5.41) is 3.21. The summed E-state index contributed by atoms with van der Waals surface area (Å²) < 4.78 is 11.4. The predicted octanol–water partition coefficient (Wildman–Crippen LogP) is 1.89. The van der Waals surface area contributed by atoms with Crippen molar-refractivity contribution < 1.29 is 14.4 Å². The highest BCUT2D eigenvalue weighted by atomic mass is 16.6. The van der Waals surface area contributed by atoms with E-state index in [-0.39, 0.29) is 5.95 Å². The van der Waals surface area contributed by atoms with Crippen LogP contribution in [-0.4, -0.2) is 34.7 Å². The van der Waals surface area contributed by atoms with E-state index in [1.165, 1.54) is 10.5 Å². The van der Waals surface area contributed by atoms with E-state index in [4.69, 9.17) is 15.2 Å². The van der Waals surface area contributed by atoms with Crippen LogP contribution >= 0.6 is 0 Å². The summed E-state index contributed by atoms with van der Waals surface area (Å²) in [6, 6.07) is 16.5. The molecule has 2 atom stereocenters. The SMILES string of the molecule is Nc1nc(C[NH+]2CCC[C@@H]2c2ccc3c(c2)OCCO3)nc(Nc2ccccc2)n1. The van der Waals surface area contributed by atoms with Gasteiger partial charge in [-0.25, -0.2) is 0 Å². The van der Waals surface area contributed by atoms with Crippen LogP contribution in [0, 0.1) is 0 Å². The molecule has 1 aromatic heterocycles. The van der Waals surface area contributed by atoms with E-state index >= 15 is 0 Å². The molecule has 154 valence electrons. The lowest BCUT2D eigenvalue weighted by Gasteiger charge is -2.24. The first kappa shape index (κ1) is 18.6. The Morgan fingerprint density at radius 1 is 1.00 bits per heavy atom. The van der Waals surface area contributed by atoms with Crippen molar-refractivity contribution in [1.82, 2.24) is 15.0 Å². The molecule has 0 aliphatic carbocycles. The average Bonchev–Trinajstić information content (AvgIpc) is 3.22. The van der Waals surface area contributed by atoms with E-state index in [0.717, 1.165) is 36.6 Å². The highest BCUT2D eigenvalue weighted by Crippen LogP contribution is 2.33. The number of fused-ring (bicyclic) bond motifs is 1. The molecule has 3 aromatic rings. The third-order valence-electron chi connectivity index (χ3n) is 5.57. The molecule has 2 aliphatic heterocycles. The molecule has 2 aliphatic rings. The highest BCUT2D eigenvalue weighted by Gasteiger charge is 2.32. The standard InChI is InChI=1S/C22H24N6O2/c23-21-25-20(26-22(27-21)24-16-5-2-1-3-6-16)14-28-10-4-7-17(28)15-8-9-18-19(13-15)30-12-11-29-18/h1-3,5-6,8-9,13,17H,4,7,10-12,14H2,(H3,23,24,25,26,27)/p+1/t17-/m1/s1. The lowest BCUT2D eigenvalue weighted by Crippen LogP contribution is -3.09.